The van der Waals surface area contributed by atoms with Crippen LogP contribution in [-0.2, 0) is 4.74 Å². The van der Waals surface area contributed by atoms with Gasteiger partial charge in [-0.05, 0) is 18.2 Å². The lowest BCUT2D eigenvalue weighted by molar-refractivity contribution is -0.0734. The molecule has 4 nitrogen and oxygen atoms in total. The van der Waals surface area contributed by atoms with E-state index >= 15 is 0 Å². The van der Waals surface area contributed by atoms with Gasteiger partial charge in [0.1, 0.15) is 0 Å². The van der Waals surface area contributed by atoms with E-state index in [0.29, 0.717) is 41.7 Å². The van der Waals surface area contributed by atoms with E-state index in [1.165, 1.54) is 11.0 Å². The van der Waals surface area contributed by atoms with E-state index in [1.807, 2.05) is 0 Å². The molecule has 1 aromatic carbocycles. The zero-order chi connectivity index (χ0) is 14.8. The SMILES string of the molecule is CN(CC1(O)CCOCC1)C(=O)c1ccc(Cl)cc1Cl. The third-order valence-corrected chi connectivity index (χ3v) is 4.01. The summed E-state index contributed by atoms with van der Waals surface area (Å²) in [5.41, 5.74) is -0.504. The minimum atomic E-state index is -0.887. The molecule has 0 radical (unpaired) electrons. The fourth-order valence-electron chi connectivity index (χ4n) is 2.29. The molecule has 2 rings (SSSR count). The van der Waals surface area contributed by atoms with E-state index in [-0.39, 0.29) is 12.5 Å². The van der Waals surface area contributed by atoms with Gasteiger partial charge in [-0.1, -0.05) is 23.2 Å². The Balaban J connectivity index is 2.08. The summed E-state index contributed by atoms with van der Waals surface area (Å²) in [5.74, 6) is -0.230. The van der Waals surface area contributed by atoms with Gasteiger partial charge >= 0.3 is 0 Å². The Morgan fingerprint density at radius 3 is 2.65 bits per heavy atom. The smallest absolute Gasteiger partial charge is 0.255 e. The highest BCUT2D eigenvalue weighted by Gasteiger charge is 2.32. The summed E-state index contributed by atoms with van der Waals surface area (Å²) in [6.45, 7) is 1.29. The molecular formula is C14H17Cl2NO3. The molecule has 1 N–H and O–H groups in total. The summed E-state index contributed by atoms with van der Waals surface area (Å²) >= 11 is 11.8. The van der Waals surface area contributed by atoms with Gasteiger partial charge in [-0.15, -0.1) is 0 Å². The normalized spacial score (nSPS) is 17.8. The molecule has 6 heteroatoms. The lowest BCUT2D eigenvalue weighted by atomic mass is 9.93. The first-order valence-corrected chi connectivity index (χ1v) is 7.17. The Morgan fingerprint density at radius 1 is 1.40 bits per heavy atom. The number of carbonyl (C=O) groups is 1. The number of aliphatic hydroxyl groups is 1. The highest BCUT2D eigenvalue weighted by molar-refractivity contribution is 6.36. The third kappa shape index (κ3) is 3.64. The summed E-state index contributed by atoms with van der Waals surface area (Å²) in [4.78, 5) is 13.8. The second kappa shape index (κ2) is 6.31. The van der Waals surface area contributed by atoms with Crippen molar-refractivity contribution >= 4 is 29.1 Å². The standard InChI is InChI=1S/C14H17Cl2NO3/c1-17(9-14(19)4-6-20-7-5-14)13(18)11-3-2-10(15)8-12(11)16/h2-3,8,19H,4-7,9H2,1H3. The van der Waals surface area contributed by atoms with Crippen LogP contribution in [0.25, 0.3) is 0 Å². The molecule has 0 spiro atoms. The number of nitrogens with zero attached hydrogens (tertiary/aromatic N) is 1. The first-order chi connectivity index (χ1) is 9.41. The highest BCUT2D eigenvalue weighted by Crippen LogP contribution is 2.25. The minimum Gasteiger partial charge on any atom is -0.388 e. The number of rotatable bonds is 3. The molecule has 0 bridgehead atoms. The molecule has 1 heterocycles. The van der Waals surface area contributed by atoms with Crippen molar-refractivity contribution in [2.45, 2.75) is 18.4 Å². The Kier molecular flexibility index (Phi) is 4.91. The van der Waals surface area contributed by atoms with Crippen molar-refractivity contribution in [1.29, 1.82) is 0 Å². The fraction of sp³-hybridized carbons (Fsp3) is 0.500. The van der Waals surface area contributed by atoms with Gasteiger partial charge in [-0.3, -0.25) is 4.79 Å². The average Bonchev–Trinajstić information content (AvgIpc) is 2.38. The number of hydrogen-bond acceptors (Lipinski definition) is 3. The van der Waals surface area contributed by atoms with Crippen LogP contribution in [0, 0.1) is 0 Å². The Bertz CT molecular complexity index is 501. The zero-order valence-electron chi connectivity index (χ0n) is 11.2. The molecule has 0 aromatic heterocycles. The number of amides is 1. The van der Waals surface area contributed by atoms with Gasteiger partial charge in [0.15, 0.2) is 0 Å². The number of hydrogen-bond donors (Lipinski definition) is 1. The molecule has 0 saturated carbocycles. The Hall–Kier alpha value is -0.810. The molecule has 110 valence electrons. The van der Waals surface area contributed by atoms with Crippen LogP contribution in [0.2, 0.25) is 10.0 Å². The van der Waals surface area contributed by atoms with Gasteiger partial charge in [0.25, 0.3) is 5.91 Å². The van der Waals surface area contributed by atoms with Crippen LogP contribution >= 0.6 is 23.2 Å². The maximum absolute atomic E-state index is 12.3. The number of halogens is 2. The quantitative estimate of drug-likeness (QED) is 0.932. The van der Waals surface area contributed by atoms with E-state index in [4.69, 9.17) is 27.9 Å². The lowest BCUT2D eigenvalue weighted by Crippen LogP contribution is -2.47. The first kappa shape index (κ1) is 15.6. The highest BCUT2D eigenvalue weighted by atomic mass is 35.5. The summed E-state index contributed by atoms with van der Waals surface area (Å²) in [6, 6.07) is 4.75. The van der Waals surface area contributed by atoms with Crippen molar-refractivity contribution in [2.75, 3.05) is 26.8 Å². The molecule has 20 heavy (non-hydrogen) atoms. The van der Waals surface area contributed by atoms with Crippen LogP contribution in [0.1, 0.15) is 23.2 Å². The fourth-order valence-corrected chi connectivity index (χ4v) is 2.78. The van der Waals surface area contributed by atoms with Crippen LogP contribution < -0.4 is 0 Å². The molecule has 0 atom stereocenters. The predicted octanol–water partition coefficient (Wildman–Crippen LogP) is 2.61. The Labute approximate surface area is 128 Å². The molecule has 1 fully saturated rings. The predicted molar refractivity (Wildman–Crippen MR) is 78.4 cm³/mol. The van der Waals surface area contributed by atoms with Gasteiger partial charge < -0.3 is 14.7 Å². The van der Waals surface area contributed by atoms with E-state index in [2.05, 4.69) is 0 Å². The van der Waals surface area contributed by atoms with Gasteiger partial charge in [0.05, 0.1) is 16.2 Å². The van der Waals surface area contributed by atoms with Crippen molar-refractivity contribution in [2.24, 2.45) is 0 Å². The number of likely N-dealkylation sites (N-methyl/N-ethyl adjacent to an activating group) is 1. The van der Waals surface area contributed by atoms with Gasteiger partial charge in [-0.2, -0.15) is 0 Å². The number of benzene rings is 1. The second-order valence-corrected chi connectivity index (χ2v) is 5.97. The maximum atomic E-state index is 12.3. The third-order valence-electron chi connectivity index (χ3n) is 3.46. The molecular weight excluding hydrogens is 301 g/mol. The summed E-state index contributed by atoms with van der Waals surface area (Å²) < 4.78 is 5.22. The van der Waals surface area contributed by atoms with E-state index in [9.17, 15) is 9.90 Å². The largest absolute Gasteiger partial charge is 0.388 e. The second-order valence-electron chi connectivity index (χ2n) is 5.12. The molecule has 0 aliphatic carbocycles. The average molecular weight is 318 g/mol. The van der Waals surface area contributed by atoms with Crippen molar-refractivity contribution in [3.8, 4) is 0 Å². The molecule has 1 aromatic rings. The molecule has 1 saturated heterocycles. The van der Waals surface area contributed by atoms with Crippen molar-refractivity contribution in [3.63, 3.8) is 0 Å². The number of carbonyl (C=O) groups excluding carboxylic acids is 1. The molecule has 1 aliphatic heterocycles. The van der Waals surface area contributed by atoms with E-state index in [1.54, 1.807) is 19.2 Å². The van der Waals surface area contributed by atoms with Crippen molar-refractivity contribution < 1.29 is 14.6 Å². The van der Waals surface area contributed by atoms with Crippen LogP contribution in [0.15, 0.2) is 18.2 Å². The van der Waals surface area contributed by atoms with Crippen LogP contribution in [0.4, 0.5) is 0 Å². The lowest BCUT2D eigenvalue weighted by Gasteiger charge is -2.35. The van der Waals surface area contributed by atoms with Gasteiger partial charge in [0.2, 0.25) is 0 Å². The molecule has 1 aliphatic rings. The zero-order valence-corrected chi connectivity index (χ0v) is 12.7. The van der Waals surface area contributed by atoms with Crippen molar-refractivity contribution in [3.05, 3.63) is 33.8 Å². The van der Waals surface area contributed by atoms with Crippen molar-refractivity contribution in [1.82, 2.24) is 4.90 Å². The van der Waals surface area contributed by atoms with E-state index in [0.717, 1.165) is 0 Å². The minimum absolute atomic E-state index is 0.230. The van der Waals surface area contributed by atoms with Gasteiger partial charge in [0, 0.05) is 44.7 Å². The topological polar surface area (TPSA) is 49.8 Å². The van der Waals surface area contributed by atoms with E-state index < -0.39 is 5.60 Å². The molecule has 0 unspecified atom stereocenters. The van der Waals surface area contributed by atoms with Crippen LogP contribution in [0.5, 0.6) is 0 Å². The van der Waals surface area contributed by atoms with Crippen LogP contribution in [0.3, 0.4) is 0 Å². The molecule has 1 amide bonds. The maximum Gasteiger partial charge on any atom is 0.255 e. The summed E-state index contributed by atoms with van der Waals surface area (Å²) in [5, 5.41) is 11.2. The summed E-state index contributed by atoms with van der Waals surface area (Å²) in [7, 11) is 1.65. The first-order valence-electron chi connectivity index (χ1n) is 6.42. The Morgan fingerprint density at radius 2 is 2.05 bits per heavy atom. The number of ether oxygens (including phenoxy) is 1. The van der Waals surface area contributed by atoms with Gasteiger partial charge in [-0.25, -0.2) is 0 Å². The van der Waals surface area contributed by atoms with Crippen LogP contribution in [-0.4, -0.2) is 48.3 Å². The monoisotopic (exact) mass is 317 g/mol. The summed E-state index contributed by atoms with van der Waals surface area (Å²) in [6.07, 6.45) is 1.05.